The van der Waals surface area contributed by atoms with Gasteiger partial charge < -0.3 is 14.9 Å². The zero-order valence-corrected chi connectivity index (χ0v) is 13.4. The van der Waals surface area contributed by atoms with Gasteiger partial charge >= 0.3 is 0 Å². The van der Waals surface area contributed by atoms with Gasteiger partial charge in [0.2, 0.25) is 0 Å². The minimum absolute atomic E-state index is 0.0588. The molecule has 3 fully saturated rings. The van der Waals surface area contributed by atoms with Crippen LogP contribution in [-0.2, 0) is 9.53 Å². The van der Waals surface area contributed by atoms with Gasteiger partial charge in [-0.2, -0.15) is 0 Å². The fraction of sp³-hybridized carbons (Fsp3) is 0.833. The fourth-order valence-corrected chi connectivity index (χ4v) is 4.71. The minimum atomic E-state index is -0.677. The van der Waals surface area contributed by atoms with Crippen LogP contribution in [0, 0.1) is 17.8 Å². The van der Waals surface area contributed by atoms with E-state index >= 15 is 0 Å². The third-order valence-electron chi connectivity index (χ3n) is 6.22. The summed E-state index contributed by atoms with van der Waals surface area (Å²) in [7, 11) is 1.60. The van der Waals surface area contributed by atoms with E-state index in [4.69, 9.17) is 4.74 Å². The van der Waals surface area contributed by atoms with Crippen LogP contribution >= 0.6 is 0 Å². The summed E-state index contributed by atoms with van der Waals surface area (Å²) in [4.78, 5) is 12.0. The topological polar surface area (TPSA) is 66.8 Å². The molecule has 0 spiro atoms. The summed E-state index contributed by atoms with van der Waals surface area (Å²) in [5, 5.41) is 20.7. The van der Waals surface area contributed by atoms with E-state index in [1.807, 2.05) is 12.2 Å². The molecule has 3 saturated carbocycles. The van der Waals surface area contributed by atoms with Gasteiger partial charge in [0.05, 0.1) is 12.2 Å². The number of Topliss-reactive ketones (excluding diaryl/α,β-unsaturated/α-hetero) is 1. The second kappa shape index (κ2) is 6.42. The van der Waals surface area contributed by atoms with Crippen molar-refractivity contribution >= 4 is 5.78 Å². The Kier molecular flexibility index (Phi) is 4.72. The van der Waals surface area contributed by atoms with E-state index in [9.17, 15) is 15.0 Å². The second-order valence-corrected chi connectivity index (χ2v) is 7.28. The lowest BCUT2D eigenvalue weighted by molar-refractivity contribution is -0.191. The Hall–Kier alpha value is -0.710. The monoisotopic (exact) mass is 308 g/mol. The summed E-state index contributed by atoms with van der Waals surface area (Å²) in [6.07, 6.45) is 10.5. The molecule has 0 aromatic heterocycles. The Morgan fingerprint density at radius 1 is 1.27 bits per heavy atom. The van der Waals surface area contributed by atoms with Crippen LogP contribution < -0.4 is 0 Å². The third kappa shape index (κ3) is 2.66. The van der Waals surface area contributed by atoms with Crippen molar-refractivity contribution in [3.63, 3.8) is 0 Å². The lowest BCUT2D eigenvalue weighted by Gasteiger charge is -2.54. The van der Waals surface area contributed by atoms with Crippen LogP contribution in [-0.4, -0.2) is 40.9 Å². The Balaban J connectivity index is 1.67. The summed E-state index contributed by atoms with van der Waals surface area (Å²) >= 11 is 0. The normalized spacial score (nSPS) is 41.2. The number of methoxy groups -OCH3 is 1. The number of hydrogen-bond donors (Lipinski definition) is 2. The van der Waals surface area contributed by atoms with Crippen molar-refractivity contribution in [3.8, 4) is 0 Å². The number of hydrogen-bond acceptors (Lipinski definition) is 4. The predicted octanol–water partition coefficient (Wildman–Crippen LogP) is 2.23. The Bertz CT molecular complexity index is 440. The van der Waals surface area contributed by atoms with Crippen LogP contribution in [0.25, 0.3) is 0 Å². The highest BCUT2D eigenvalue weighted by Gasteiger charge is 2.60. The first-order valence-corrected chi connectivity index (χ1v) is 8.71. The number of carbonyl (C=O) groups excluding carboxylic acids is 1. The fourth-order valence-electron chi connectivity index (χ4n) is 4.71. The number of aliphatic hydroxyl groups is 2. The molecule has 0 aromatic carbocycles. The van der Waals surface area contributed by atoms with Crippen LogP contribution in [0.4, 0.5) is 0 Å². The van der Waals surface area contributed by atoms with Crippen molar-refractivity contribution in [2.45, 2.75) is 69.2 Å². The molecule has 4 heteroatoms. The van der Waals surface area contributed by atoms with Crippen LogP contribution in [0.2, 0.25) is 0 Å². The van der Waals surface area contributed by atoms with Crippen molar-refractivity contribution in [2.24, 2.45) is 17.8 Å². The molecule has 0 amide bonds. The van der Waals surface area contributed by atoms with Crippen LogP contribution in [0.15, 0.2) is 12.2 Å². The molecule has 0 heterocycles. The van der Waals surface area contributed by atoms with Crippen LogP contribution in [0.1, 0.15) is 51.4 Å². The molecule has 0 bridgehead atoms. The molecule has 4 nitrogen and oxygen atoms in total. The van der Waals surface area contributed by atoms with Gasteiger partial charge in [-0.1, -0.05) is 31.4 Å². The van der Waals surface area contributed by atoms with E-state index in [0.29, 0.717) is 25.2 Å². The number of fused-ring (bicyclic) bond motifs is 1. The summed E-state index contributed by atoms with van der Waals surface area (Å²) in [5.41, 5.74) is -0.677. The van der Waals surface area contributed by atoms with Crippen LogP contribution in [0.3, 0.4) is 0 Å². The maximum atomic E-state index is 12.0. The van der Waals surface area contributed by atoms with Gasteiger partial charge in [0.25, 0.3) is 0 Å². The molecule has 22 heavy (non-hydrogen) atoms. The van der Waals surface area contributed by atoms with Gasteiger partial charge in [0.15, 0.2) is 5.78 Å². The number of rotatable bonds is 4. The Labute approximate surface area is 132 Å². The SMILES string of the molecule is CO[C@]12CC[C@@H](O)[C@H](/C=C/[C@@H](O)C3CCCCC3)[C@H]1CC2=O. The summed E-state index contributed by atoms with van der Waals surface area (Å²) < 4.78 is 5.53. The van der Waals surface area contributed by atoms with Crippen molar-refractivity contribution in [1.82, 2.24) is 0 Å². The molecule has 5 atom stereocenters. The molecular formula is C18H28O4. The van der Waals surface area contributed by atoms with Crippen molar-refractivity contribution in [2.75, 3.05) is 7.11 Å². The maximum Gasteiger partial charge on any atom is 0.165 e. The highest BCUT2D eigenvalue weighted by atomic mass is 16.5. The van der Waals surface area contributed by atoms with E-state index in [2.05, 4.69) is 0 Å². The van der Waals surface area contributed by atoms with Crippen molar-refractivity contribution < 1.29 is 19.7 Å². The number of carbonyl (C=O) groups is 1. The molecule has 0 aliphatic heterocycles. The molecule has 0 unspecified atom stereocenters. The third-order valence-corrected chi connectivity index (χ3v) is 6.22. The number of ketones is 1. The zero-order valence-electron chi connectivity index (χ0n) is 13.4. The summed E-state index contributed by atoms with van der Waals surface area (Å²) in [6.45, 7) is 0. The van der Waals surface area contributed by atoms with Gasteiger partial charge in [-0.05, 0) is 31.6 Å². The van der Waals surface area contributed by atoms with E-state index in [0.717, 1.165) is 12.8 Å². The molecule has 3 rings (SSSR count). The lowest BCUT2D eigenvalue weighted by Crippen LogP contribution is -2.64. The van der Waals surface area contributed by atoms with Gasteiger partial charge in [0, 0.05) is 25.4 Å². The molecular weight excluding hydrogens is 280 g/mol. The van der Waals surface area contributed by atoms with Crippen LogP contribution in [0.5, 0.6) is 0 Å². The Morgan fingerprint density at radius 2 is 2.00 bits per heavy atom. The smallest absolute Gasteiger partial charge is 0.165 e. The molecule has 124 valence electrons. The summed E-state index contributed by atoms with van der Waals surface area (Å²) in [5.74, 6) is 0.493. The first-order valence-electron chi connectivity index (χ1n) is 8.71. The van der Waals surface area contributed by atoms with E-state index in [-0.39, 0.29) is 17.6 Å². The largest absolute Gasteiger partial charge is 0.393 e. The average molecular weight is 308 g/mol. The Morgan fingerprint density at radius 3 is 2.64 bits per heavy atom. The van der Waals surface area contributed by atoms with Crippen molar-refractivity contribution in [3.05, 3.63) is 12.2 Å². The van der Waals surface area contributed by atoms with E-state index in [1.165, 1.54) is 19.3 Å². The molecule has 0 saturated heterocycles. The molecule has 3 aliphatic carbocycles. The zero-order chi connectivity index (χ0) is 15.7. The minimum Gasteiger partial charge on any atom is -0.393 e. The first-order chi connectivity index (χ1) is 10.6. The molecule has 3 aliphatic rings. The van der Waals surface area contributed by atoms with Crippen molar-refractivity contribution in [1.29, 1.82) is 0 Å². The van der Waals surface area contributed by atoms with E-state index in [1.54, 1.807) is 7.11 Å². The van der Waals surface area contributed by atoms with Gasteiger partial charge in [0.1, 0.15) is 5.60 Å². The maximum absolute atomic E-state index is 12.0. The summed E-state index contributed by atoms with van der Waals surface area (Å²) in [6, 6.07) is 0. The van der Waals surface area contributed by atoms with Gasteiger partial charge in [-0.3, -0.25) is 4.79 Å². The van der Waals surface area contributed by atoms with E-state index < -0.39 is 17.8 Å². The standard InChI is InChI=1S/C18H28O4/c1-22-18-10-9-16(20)13(14(18)11-17(18)21)7-8-15(19)12-5-3-2-4-6-12/h7-8,12-16,19-20H,2-6,9-11H2,1H3/b8-7+/t13-,14-,15-,16-,18-/m1/s1. The average Bonchev–Trinajstić information content (AvgIpc) is 2.54. The molecule has 2 N–H and O–H groups in total. The van der Waals surface area contributed by atoms with Gasteiger partial charge in [-0.25, -0.2) is 0 Å². The molecule has 0 radical (unpaired) electrons. The first kappa shape index (κ1) is 16.2. The lowest BCUT2D eigenvalue weighted by atomic mass is 9.55. The number of ether oxygens (including phenoxy) is 1. The highest BCUT2D eigenvalue weighted by Crippen LogP contribution is 2.51. The second-order valence-electron chi connectivity index (χ2n) is 7.28. The molecule has 0 aromatic rings. The van der Waals surface area contributed by atoms with Gasteiger partial charge in [-0.15, -0.1) is 0 Å². The highest BCUT2D eigenvalue weighted by molar-refractivity contribution is 5.94. The quantitative estimate of drug-likeness (QED) is 0.782. The predicted molar refractivity (Wildman–Crippen MR) is 83.3 cm³/mol. The number of aliphatic hydroxyl groups excluding tert-OH is 2.